The quantitative estimate of drug-likeness (QED) is 0.656. The van der Waals surface area contributed by atoms with E-state index >= 15 is 0 Å². The number of hydrogen-bond donors (Lipinski definition) is 1. The molecule has 0 aromatic heterocycles. The minimum Gasteiger partial charge on any atom is -0.491 e. The lowest BCUT2D eigenvalue weighted by atomic mass is 10.0. The molecule has 0 fully saturated rings. The van der Waals surface area contributed by atoms with Gasteiger partial charge in [0.05, 0.1) is 6.61 Å². The van der Waals surface area contributed by atoms with Crippen molar-refractivity contribution in [1.29, 1.82) is 0 Å². The zero-order valence-corrected chi connectivity index (χ0v) is 12.4. The van der Waals surface area contributed by atoms with Gasteiger partial charge in [0.15, 0.2) is 0 Å². The molecule has 1 N–H and O–H groups in total. The van der Waals surface area contributed by atoms with Gasteiger partial charge in [-0.2, -0.15) is 0 Å². The molecule has 0 amide bonds. The first-order chi connectivity index (χ1) is 9.31. The van der Waals surface area contributed by atoms with Crippen LogP contribution >= 0.6 is 0 Å². The Labute approximate surface area is 117 Å². The Morgan fingerprint density at radius 3 is 2.42 bits per heavy atom. The molecular formula is C16H27NO2. The van der Waals surface area contributed by atoms with E-state index in [0.29, 0.717) is 19.3 Å². The summed E-state index contributed by atoms with van der Waals surface area (Å²) in [5, 5.41) is 3.60. The lowest BCUT2D eigenvalue weighted by molar-refractivity contribution is 0.146. The van der Waals surface area contributed by atoms with Gasteiger partial charge in [-0.3, -0.25) is 0 Å². The molecule has 1 aromatic rings. The Bertz CT molecular complexity index is 324. The standard InChI is InChI=1S/C16H27NO2/c1-4-6-11-17-16(5-2)14-7-9-15(10-8-14)19-13-12-18-3/h7-10,16-17H,4-6,11-13H2,1-3H3. The third-order valence-corrected chi connectivity index (χ3v) is 3.17. The van der Waals surface area contributed by atoms with Crippen molar-refractivity contribution in [2.24, 2.45) is 0 Å². The molecule has 0 aliphatic heterocycles. The summed E-state index contributed by atoms with van der Waals surface area (Å²) >= 11 is 0. The topological polar surface area (TPSA) is 30.5 Å². The van der Waals surface area contributed by atoms with E-state index in [9.17, 15) is 0 Å². The second kappa shape index (κ2) is 9.82. The number of nitrogens with one attached hydrogen (secondary N) is 1. The predicted molar refractivity (Wildman–Crippen MR) is 79.8 cm³/mol. The summed E-state index contributed by atoms with van der Waals surface area (Å²) < 4.78 is 10.5. The highest BCUT2D eigenvalue weighted by Crippen LogP contribution is 2.20. The molecule has 1 unspecified atom stereocenters. The first kappa shape index (κ1) is 16.0. The van der Waals surface area contributed by atoms with Crippen LogP contribution in [-0.4, -0.2) is 26.9 Å². The third-order valence-electron chi connectivity index (χ3n) is 3.17. The van der Waals surface area contributed by atoms with E-state index in [2.05, 4.69) is 31.3 Å². The van der Waals surface area contributed by atoms with Gasteiger partial charge in [0.1, 0.15) is 12.4 Å². The van der Waals surface area contributed by atoms with E-state index in [1.54, 1.807) is 7.11 Å². The zero-order chi connectivity index (χ0) is 13.9. The van der Waals surface area contributed by atoms with Crippen LogP contribution in [0.2, 0.25) is 0 Å². The van der Waals surface area contributed by atoms with E-state index in [1.807, 2.05) is 12.1 Å². The smallest absolute Gasteiger partial charge is 0.119 e. The first-order valence-corrected chi connectivity index (χ1v) is 7.26. The molecule has 0 spiro atoms. The van der Waals surface area contributed by atoms with Crippen molar-refractivity contribution in [3.05, 3.63) is 29.8 Å². The number of methoxy groups -OCH3 is 1. The van der Waals surface area contributed by atoms with Gasteiger partial charge in [0, 0.05) is 13.2 Å². The van der Waals surface area contributed by atoms with Crippen LogP contribution in [-0.2, 0) is 4.74 Å². The maximum absolute atomic E-state index is 5.57. The zero-order valence-electron chi connectivity index (χ0n) is 12.4. The van der Waals surface area contributed by atoms with Crippen LogP contribution in [0.1, 0.15) is 44.7 Å². The Hall–Kier alpha value is -1.06. The minimum atomic E-state index is 0.444. The fraction of sp³-hybridized carbons (Fsp3) is 0.625. The van der Waals surface area contributed by atoms with E-state index in [-0.39, 0.29) is 0 Å². The van der Waals surface area contributed by atoms with Gasteiger partial charge in [-0.15, -0.1) is 0 Å². The van der Waals surface area contributed by atoms with Gasteiger partial charge < -0.3 is 14.8 Å². The van der Waals surface area contributed by atoms with Crippen LogP contribution in [0.4, 0.5) is 0 Å². The molecule has 0 aliphatic carbocycles. The lowest BCUT2D eigenvalue weighted by Gasteiger charge is -2.17. The van der Waals surface area contributed by atoms with Gasteiger partial charge >= 0.3 is 0 Å². The summed E-state index contributed by atoms with van der Waals surface area (Å²) in [6.45, 7) is 6.74. The molecule has 3 heteroatoms. The van der Waals surface area contributed by atoms with E-state index in [0.717, 1.165) is 18.7 Å². The average molecular weight is 265 g/mol. The largest absolute Gasteiger partial charge is 0.491 e. The van der Waals surface area contributed by atoms with Crippen molar-refractivity contribution in [1.82, 2.24) is 5.32 Å². The number of benzene rings is 1. The number of unbranched alkanes of at least 4 members (excludes halogenated alkanes) is 1. The SMILES string of the molecule is CCCCNC(CC)c1ccc(OCCOC)cc1. The maximum Gasteiger partial charge on any atom is 0.119 e. The summed E-state index contributed by atoms with van der Waals surface area (Å²) in [6.07, 6.45) is 3.57. The normalized spacial score (nSPS) is 12.4. The predicted octanol–water partition coefficient (Wildman–Crippen LogP) is 3.55. The second-order valence-corrected chi connectivity index (χ2v) is 4.68. The van der Waals surface area contributed by atoms with E-state index in [4.69, 9.17) is 9.47 Å². The number of rotatable bonds is 10. The summed E-state index contributed by atoms with van der Waals surface area (Å²) in [5.74, 6) is 0.907. The molecule has 0 heterocycles. The summed E-state index contributed by atoms with van der Waals surface area (Å²) in [5.41, 5.74) is 1.33. The molecule has 0 aliphatic rings. The Morgan fingerprint density at radius 2 is 1.84 bits per heavy atom. The van der Waals surface area contributed by atoms with Crippen molar-refractivity contribution in [3.63, 3.8) is 0 Å². The first-order valence-electron chi connectivity index (χ1n) is 7.26. The molecular weight excluding hydrogens is 238 g/mol. The van der Waals surface area contributed by atoms with Crippen molar-refractivity contribution in [3.8, 4) is 5.75 Å². The molecule has 0 saturated carbocycles. The Balaban J connectivity index is 2.47. The Kier molecular flexibility index (Phi) is 8.26. The summed E-state index contributed by atoms with van der Waals surface area (Å²) in [6, 6.07) is 8.81. The molecule has 19 heavy (non-hydrogen) atoms. The average Bonchev–Trinajstić information content (AvgIpc) is 2.45. The Morgan fingerprint density at radius 1 is 1.11 bits per heavy atom. The van der Waals surface area contributed by atoms with Gasteiger partial charge in [0.25, 0.3) is 0 Å². The molecule has 0 radical (unpaired) electrons. The highest BCUT2D eigenvalue weighted by molar-refractivity contribution is 5.29. The summed E-state index contributed by atoms with van der Waals surface area (Å²) in [7, 11) is 1.68. The lowest BCUT2D eigenvalue weighted by Crippen LogP contribution is -2.21. The fourth-order valence-electron chi connectivity index (χ4n) is 1.99. The van der Waals surface area contributed by atoms with Crippen molar-refractivity contribution in [2.45, 2.75) is 39.2 Å². The molecule has 1 atom stereocenters. The number of ether oxygens (including phenoxy) is 2. The van der Waals surface area contributed by atoms with Gasteiger partial charge in [-0.25, -0.2) is 0 Å². The second-order valence-electron chi connectivity index (χ2n) is 4.68. The molecule has 3 nitrogen and oxygen atoms in total. The maximum atomic E-state index is 5.57. The monoisotopic (exact) mass is 265 g/mol. The van der Waals surface area contributed by atoms with Gasteiger partial charge in [-0.05, 0) is 37.1 Å². The fourth-order valence-corrected chi connectivity index (χ4v) is 1.99. The molecule has 1 rings (SSSR count). The molecule has 0 bridgehead atoms. The molecule has 1 aromatic carbocycles. The van der Waals surface area contributed by atoms with Crippen LogP contribution in [0.5, 0.6) is 5.75 Å². The van der Waals surface area contributed by atoms with Crippen molar-refractivity contribution >= 4 is 0 Å². The van der Waals surface area contributed by atoms with Gasteiger partial charge in [0.2, 0.25) is 0 Å². The minimum absolute atomic E-state index is 0.444. The highest BCUT2D eigenvalue weighted by atomic mass is 16.5. The van der Waals surface area contributed by atoms with Crippen LogP contribution < -0.4 is 10.1 Å². The molecule has 0 saturated heterocycles. The van der Waals surface area contributed by atoms with Gasteiger partial charge in [-0.1, -0.05) is 32.4 Å². The van der Waals surface area contributed by atoms with Crippen molar-refractivity contribution in [2.75, 3.05) is 26.9 Å². The van der Waals surface area contributed by atoms with E-state index in [1.165, 1.54) is 18.4 Å². The van der Waals surface area contributed by atoms with E-state index < -0.39 is 0 Å². The highest BCUT2D eigenvalue weighted by Gasteiger charge is 2.07. The molecule has 108 valence electrons. The van der Waals surface area contributed by atoms with Crippen LogP contribution in [0, 0.1) is 0 Å². The summed E-state index contributed by atoms with van der Waals surface area (Å²) in [4.78, 5) is 0. The number of hydrogen-bond acceptors (Lipinski definition) is 3. The van der Waals surface area contributed by atoms with Crippen LogP contribution in [0.15, 0.2) is 24.3 Å². The van der Waals surface area contributed by atoms with Crippen LogP contribution in [0.25, 0.3) is 0 Å². The third kappa shape index (κ3) is 6.08. The van der Waals surface area contributed by atoms with Crippen molar-refractivity contribution < 1.29 is 9.47 Å². The van der Waals surface area contributed by atoms with Crippen LogP contribution in [0.3, 0.4) is 0 Å².